The molecule has 0 saturated heterocycles. The number of nitrogens with one attached hydrogen (secondary N) is 1. The summed E-state index contributed by atoms with van der Waals surface area (Å²) in [5.41, 5.74) is 6.78. The van der Waals surface area contributed by atoms with Crippen molar-refractivity contribution in [2.45, 2.75) is 77.3 Å². The summed E-state index contributed by atoms with van der Waals surface area (Å²) in [6, 6.07) is 1.94. The van der Waals surface area contributed by atoms with Gasteiger partial charge in [0.2, 0.25) is 11.8 Å². The van der Waals surface area contributed by atoms with E-state index in [9.17, 15) is 24.3 Å². The van der Waals surface area contributed by atoms with Crippen LogP contribution < -0.4 is 16.6 Å². The number of aliphatic hydroxyl groups is 1. The first-order valence-corrected chi connectivity index (χ1v) is 15.1. The number of cyclic esters (lactones) is 1. The van der Waals surface area contributed by atoms with Crippen molar-refractivity contribution in [3.8, 4) is 11.4 Å². The summed E-state index contributed by atoms with van der Waals surface area (Å²) in [5.74, 6) is -2.06. The van der Waals surface area contributed by atoms with E-state index in [1.54, 1.807) is 26.8 Å². The molecule has 0 radical (unpaired) electrons. The van der Waals surface area contributed by atoms with Crippen molar-refractivity contribution >= 4 is 40.3 Å². The molecule has 11 nitrogen and oxygen atoms in total. The molecule has 44 heavy (non-hydrogen) atoms. The first-order chi connectivity index (χ1) is 20.9. The van der Waals surface area contributed by atoms with E-state index in [4.69, 9.17) is 27.1 Å². The lowest BCUT2D eigenvalue weighted by molar-refractivity contribution is -0.172. The number of nitrogens with zero attached hydrogens (tertiary/aromatic N) is 3. The number of hydrogen-bond acceptors (Lipinski definition) is 8. The molecule has 0 bridgehead atoms. The minimum atomic E-state index is -2.00. The fourth-order valence-corrected chi connectivity index (χ4v) is 6.98. The Kier molecular flexibility index (Phi) is 7.50. The van der Waals surface area contributed by atoms with Gasteiger partial charge in [-0.15, -0.1) is 0 Å². The van der Waals surface area contributed by atoms with Crippen molar-refractivity contribution in [2.75, 3.05) is 13.1 Å². The molecule has 6 rings (SSSR count). The van der Waals surface area contributed by atoms with Crippen LogP contribution in [0.1, 0.15) is 73.9 Å². The summed E-state index contributed by atoms with van der Waals surface area (Å²) in [7, 11) is 0. The number of rotatable bonds is 7. The Balaban J connectivity index is 1.49. The van der Waals surface area contributed by atoms with Crippen molar-refractivity contribution in [1.29, 1.82) is 0 Å². The molecule has 3 aliphatic rings. The summed E-state index contributed by atoms with van der Waals surface area (Å²) in [6.45, 7) is 4.95. The van der Waals surface area contributed by atoms with E-state index in [2.05, 4.69) is 5.32 Å². The number of carbonyl (C=O) groups is 3. The van der Waals surface area contributed by atoms with Gasteiger partial charge in [0, 0.05) is 41.6 Å². The van der Waals surface area contributed by atoms with Gasteiger partial charge in [-0.25, -0.2) is 14.2 Å². The summed E-state index contributed by atoms with van der Waals surface area (Å²) in [4.78, 5) is 58.4. The molecule has 4 heterocycles. The predicted octanol–water partition coefficient (Wildman–Crippen LogP) is 2.56. The van der Waals surface area contributed by atoms with Gasteiger partial charge in [0.1, 0.15) is 12.4 Å². The molecule has 0 spiro atoms. The van der Waals surface area contributed by atoms with E-state index < -0.39 is 29.0 Å². The van der Waals surface area contributed by atoms with Gasteiger partial charge in [-0.2, -0.15) is 0 Å². The number of benzene rings is 1. The number of nitrogens with two attached hydrogens (primary N) is 1. The molecule has 2 amide bonds. The van der Waals surface area contributed by atoms with Crippen molar-refractivity contribution in [1.82, 2.24) is 19.8 Å². The molecular formula is C31H33ClFN5O6. The second-order valence-corrected chi connectivity index (χ2v) is 12.1. The van der Waals surface area contributed by atoms with E-state index in [0.717, 1.165) is 0 Å². The van der Waals surface area contributed by atoms with Crippen molar-refractivity contribution in [3.63, 3.8) is 0 Å². The third-order valence-corrected chi connectivity index (χ3v) is 9.28. The quantitative estimate of drug-likeness (QED) is 0.265. The SMILES string of the molecule is CCC(=O)N(CC(=O)NC1CCc2c(Cl)c(F)cc3nc4c(c1c23)Cn1c-4cc2c(c1=O)COC(=O)[C@]2(O)CC)CC(C)N. The fraction of sp³-hybridized carbons (Fsp3) is 0.452. The summed E-state index contributed by atoms with van der Waals surface area (Å²) in [6.07, 6.45) is 0.974. The Labute approximate surface area is 257 Å². The Morgan fingerprint density at radius 1 is 1.30 bits per heavy atom. The average Bonchev–Trinajstić information content (AvgIpc) is 3.36. The number of esters is 1. The molecule has 3 aromatic rings. The van der Waals surface area contributed by atoms with E-state index >= 15 is 4.39 Å². The first-order valence-electron chi connectivity index (χ1n) is 14.7. The topological polar surface area (TPSA) is 157 Å². The van der Waals surface area contributed by atoms with Crippen LogP contribution in [0.4, 0.5) is 4.39 Å². The third-order valence-electron chi connectivity index (χ3n) is 8.87. The number of amides is 2. The second kappa shape index (κ2) is 10.9. The predicted molar refractivity (Wildman–Crippen MR) is 159 cm³/mol. The molecule has 0 saturated carbocycles. The highest BCUT2D eigenvalue weighted by atomic mass is 35.5. The van der Waals surface area contributed by atoms with Crippen LogP contribution in [0.2, 0.25) is 5.02 Å². The molecule has 3 atom stereocenters. The van der Waals surface area contributed by atoms with E-state index in [-0.39, 0.29) is 73.1 Å². The lowest BCUT2D eigenvalue weighted by atomic mass is 9.83. The largest absolute Gasteiger partial charge is 0.458 e. The fourth-order valence-electron chi connectivity index (χ4n) is 6.74. The Bertz CT molecular complexity index is 1820. The molecule has 4 N–H and O–H groups in total. The number of ether oxygens (including phenoxy) is 1. The monoisotopic (exact) mass is 625 g/mol. The molecule has 0 fully saturated rings. The number of fused-ring (bicyclic) bond motifs is 5. The van der Waals surface area contributed by atoms with Gasteiger partial charge in [-0.05, 0) is 43.4 Å². The van der Waals surface area contributed by atoms with Crippen LogP contribution in [-0.4, -0.2) is 56.5 Å². The lowest BCUT2D eigenvalue weighted by Crippen LogP contribution is -2.46. The standard InChI is InChI=1S/C31H33ClFN5O6/c1-4-24(40)37(10-14(3)34)12-23(39)35-20-7-6-15-25-21(9-19(33)27(15)32)36-28-16(26(20)25)11-38-22(28)8-18-17(29(38)41)13-44-30(42)31(18,43)5-2/h8-9,14,20,43H,4-7,10-13,34H2,1-3H3,(H,35,39)/t14?,20?,31-/m0/s1. The lowest BCUT2D eigenvalue weighted by Gasteiger charge is -2.31. The van der Waals surface area contributed by atoms with Gasteiger partial charge in [0.25, 0.3) is 5.56 Å². The van der Waals surface area contributed by atoms with Gasteiger partial charge in [-0.3, -0.25) is 14.4 Å². The van der Waals surface area contributed by atoms with Crippen molar-refractivity contribution < 1.29 is 28.6 Å². The first kappa shape index (κ1) is 30.2. The zero-order valence-electron chi connectivity index (χ0n) is 24.6. The normalized spacial score (nSPS) is 20.4. The van der Waals surface area contributed by atoms with Crippen LogP contribution in [0.25, 0.3) is 22.3 Å². The van der Waals surface area contributed by atoms with Crippen molar-refractivity contribution in [2.24, 2.45) is 5.73 Å². The minimum Gasteiger partial charge on any atom is -0.458 e. The van der Waals surface area contributed by atoms with Crippen LogP contribution in [0.15, 0.2) is 16.9 Å². The number of carbonyl (C=O) groups excluding carboxylic acids is 3. The molecule has 1 aromatic carbocycles. The van der Waals surface area contributed by atoms with Gasteiger partial charge in [0.15, 0.2) is 5.60 Å². The summed E-state index contributed by atoms with van der Waals surface area (Å²) >= 11 is 6.44. The molecule has 13 heteroatoms. The molecule has 1 aliphatic carbocycles. The number of pyridine rings is 2. The van der Waals surface area contributed by atoms with Crippen LogP contribution in [0.5, 0.6) is 0 Å². The van der Waals surface area contributed by atoms with Gasteiger partial charge >= 0.3 is 5.97 Å². The van der Waals surface area contributed by atoms with Crippen LogP contribution in [-0.2, 0) is 44.3 Å². The zero-order chi connectivity index (χ0) is 31.7. The molecule has 2 aliphatic heterocycles. The Morgan fingerprint density at radius 3 is 2.73 bits per heavy atom. The van der Waals surface area contributed by atoms with Crippen LogP contribution in [0, 0.1) is 5.82 Å². The smallest absolute Gasteiger partial charge is 0.343 e. The summed E-state index contributed by atoms with van der Waals surface area (Å²) < 4.78 is 21.7. The van der Waals surface area contributed by atoms with Gasteiger partial charge in [-0.1, -0.05) is 25.4 Å². The maximum absolute atomic E-state index is 15.0. The van der Waals surface area contributed by atoms with E-state index in [1.165, 1.54) is 15.5 Å². The third kappa shape index (κ3) is 4.58. The zero-order valence-corrected chi connectivity index (χ0v) is 25.4. The molecular weight excluding hydrogens is 593 g/mol. The van der Waals surface area contributed by atoms with Gasteiger partial charge < -0.3 is 30.4 Å². The maximum Gasteiger partial charge on any atom is 0.343 e. The second-order valence-electron chi connectivity index (χ2n) is 11.8. The van der Waals surface area contributed by atoms with Gasteiger partial charge in [0.05, 0.1) is 46.6 Å². The Morgan fingerprint density at radius 2 is 2.05 bits per heavy atom. The van der Waals surface area contributed by atoms with Crippen LogP contribution >= 0.6 is 11.6 Å². The highest BCUT2D eigenvalue weighted by Crippen LogP contribution is 2.46. The van der Waals surface area contributed by atoms with E-state index in [0.29, 0.717) is 51.8 Å². The number of hydrogen-bond donors (Lipinski definition) is 3. The molecule has 2 aromatic heterocycles. The molecule has 232 valence electrons. The molecule has 2 unspecified atom stereocenters. The highest BCUT2D eigenvalue weighted by molar-refractivity contribution is 6.32. The minimum absolute atomic E-state index is 0.00730. The maximum atomic E-state index is 15.0. The highest BCUT2D eigenvalue weighted by Gasteiger charge is 2.46. The van der Waals surface area contributed by atoms with Crippen LogP contribution in [0.3, 0.4) is 0 Å². The Hall–Kier alpha value is -3.87. The van der Waals surface area contributed by atoms with Crippen molar-refractivity contribution in [3.05, 3.63) is 61.1 Å². The number of halogens is 2. The van der Waals surface area contributed by atoms with E-state index in [1.807, 2.05) is 0 Å². The number of aryl methyl sites for hydroxylation is 1. The summed E-state index contributed by atoms with van der Waals surface area (Å²) in [5, 5.41) is 14.9. The number of aromatic nitrogens is 2. The average molecular weight is 626 g/mol.